The molecule has 0 fully saturated rings. The number of hydrogen-bond acceptors (Lipinski definition) is 8. The number of aromatic nitrogens is 2. The number of esters is 1. The Morgan fingerprint density at radius 2 is 1.78 bits per heavy atom. The molecule has 0 unspecified atom stereocenters. The minimum absolute atomic E-state index is 0.369. The highest BCUT2D eigenvalue weighted by atomic mass is 32.1. The minimum atomic E-state index is -0.576. The van der Waals surface area contributed by atoms with Crippen molar-refractivity contribution in [2.24, 2.45) is 0 Å². The smallest absolute Gasteiger partial charge is 0.339 e. The number of para-hydroxylation sites is 1. The van der Waals surface area contributed by atoms with Gasteiger partial charge in [0, 0.05) is 10.9 Å². The molecule has 158 valence electrons. The van der Waals surface area contributed by atoms with Crippen LogP contribution in [0.1, 0.15) is 10.4 Å². The minimum Gasteiger partial charge on any atom is -0.452 e. The molecule has 0 aliphatic heterocycles. The van der Waals surface area contributed by atoms with E-state index in [-0.39, 0.29) is 0 Å². The van der Waals surface area contributed by atoms with Crippen LogP contribution in [0.4, 0.5) is 5.13 Å². The molecule has 1 amide bonds. The lowest BCUT2D eigenvalue weighted by Gasteiger charge is -2.08. The van der Waals surface area contributed by atoms with E-state index >= 15 is 0 Å². The molecule has 32 heavy (non-hydrogen) atoms. The van der Waals surface area contributed by atoms with Crippen LogP contribution in [0.2, 0.25) is 0 Å². The Hall–Kier alpha value is -3.40. The van der Waals surface area contributed by atoms with E-state index in [9.17, 15) is 9.59 Å². The molecular weight excluding hydrogens is 462 g/mol. The number of amides is 1. The van der Waals surface area contributed by atoms with Gasteiger partial charge in [-0.3, -0.25) is 10.1 Å². The second kappa shape index (κ2) is 8.99. The van der Waals surface area contributed by atoms with Crippen LogP contribution >= 0.6 is 34.0 Å². The zero-order valence-corrected chi connectivity index (χ0v) is 18.9. The molecule has 0 saturated carbocycles. The number of thiophene rings is 1. The number of carbonyl (C=O) groups excluding carboxylic acids is 2. The lowest BCUT2D eigenvalue weighted by atomic mass is 10.1. The number of rotatable bonds is 6. The number of carbonyl (C=O) groups is 2. The van der Waals surface area contributed by atoms with Gasteiger partial charge < -0.3 is 4.74 Å². The standard InChI is InChI=1S/C23H15N3O3S3/c27-20(26-23-25-17(13-31-23)18-10-5-11-30-18)12-29-22(28)15-7-2-1-6-14(15)21-24-16-8-3-4-9-19(16)32-21/h1-11,13H,12H2,(H,25,26,27). The lowest BCUT2D eigenvalue weighted by Crippen LogP contribution is -2.21. The Kier molecular flexibility index (Phi) is 5.76. The van der Waals surface area contributed by atoms with Gasteiger partial charge in [-0.1, -0.05) is 36.4 Å². The van der Waals surface area contributed by atoms with Crippen molar-refractivity contribution in [1.82, 2.24) is 9.97 Å². The van der Waals surface area contributed by atoms with Gasteiger partial charge >= 0.3 is 5.97 Å². The number of nitrogens with zero attached hydrogens (tertiary/aromatic N) is 2. The molecule has 0 aliphatic carbocycles. The third kappa shape index (κ3) is 4.31. The summed E-state index contributed by atoms with van der Waals surface area (Å²) in [5, 5.41) is 7.72. The van der Waals surface area contributed by atoms with Gasteiger partial charge in [0.05, 0.1) is 26.4 Å². The molecule has 3 heterocycles. The van der Waals surface area contributed by atoms with Gasteiger partial charge in [-0.25, -0.2) is 14.8 Å². The van der Waals surface area contributed by atoms with Gasteiger partial charge in [-0.05, 0) is 29.6 Å². The SMILES string of the molecule is O=C(COC(=O)c1ccccc1-c1nc2ccccc2s1)Nc1nc(-c2cccs2)cs1. The predicted molar refractivity (Wildman–Crippen MR) is 129 cm³/mol. The van der Waals surface area contributed by atoms with E-state index in [2.05, 4.69) is 15.3 Å². The molecule has 0 atom stereocenters. The zero-order valence-electron chi connectivity index (χ0n) is 16.5. The first-order chi connectivity index (χ1) is 15.7. The summed E-state index contributed by atoms with van der Waals surface area (Å²) in [4.78, 5) is 35.1. The van der Waals surface area contributed by atoms with E-state index in [4.69, 9.17) is 4.74 Å². The Morgan fingerprint density at radius 1 is 0.938 bits per heavy atom. The molecule has 6 nitrogen and oxygen atoms in total. The second-order valence-corrected chi connectivity index (χ2v) is 9.51. The van der Waals surface area contributed by atoms with Crippen molar-refractivity contribution in [3.8, 4) is 21.1 Å². The van der Waals surface area contributed by atoms with Gasteiger partial charge in [0.1, 0.15) is 5.01 Å². The molecule has 5 rings (SSSR count). The van der Waals surface area contributed by atoms with Crippen LogP contribution in [0.5, 0.6) is 0 Å². The molecule has 5 aromatic rings. The highest BCUT2D eigenvalue weighted by molar-refractivity contribution is 7.21. The fraction of sp³-hybridized carbons (Fsp3) is 0.0435. The summed E-state index contributed by atoms with van der Waals surface area (Å²) in [5.74, 6) is -1.02. The maximum Gasteiger partial charge on any atom is 0.339 e. The van der Waals surface area contributed by atoms with Gasteiger partial charge in [0.25, 0.3) is 5.91 Å². The Labute approximate surface area is 195 Å². The number of benzene rings is 2. The predicted octanol–water partition coefficient (Wildman–Crippen LogP) is 5.94. The first kappa shape index (κ1) is 20.5. The largest absolute Gasteiger partial charge is 0.452 e. The number of anilines is 1. The third-order valence-electron chi connectivity index (χ3n) is 4.53. The highest BCUT2D eigenvalue weighted by Crippen LogP contribution is 2.32. The topological polar surface area (TPSA) is 81.2 Å². The lowest BCUT2D eigenvalue weighted by molar-refractivity contribution is -0.119. The van der Waals surface area contributed by atoms with Gasteiger partial charge in [-0.15, -0.1) is 34.0 Å². The van der Waals surface area contributed by atoms with E-state index < -0.39 is 18.5 Å². The molecule has 0 saturated heterocycles. The number of fused-ring (bicyclic) bond motifs is 1. The van der Waals surface area contributed by atoms with E-state index in [1.165, 1.54) is 22.7 Å². The van der Waals surface area contributed by atoms with Crippen LogP contribution in [0.25, 0.3) is 31.4 Å². The molecular formula is C23H15N3O3S3. The van der Waals surface area contributed by atoms with Gasteiger partial charge in [-0.2, -0.15) is 0 Å². The maximum atomic E-state index is 12.7. The third-order valence-corrected chi connectivity index (χ3v) is 7.25. The summed E-state index contributed by atoms with van der Waals surface area (Å²) in [5.41, 5.74) is 2.73. The van der Waals surface area contributed by atoms with Gasteiger partial charge in [0.15, 0.2) is 11.7 Å². The normalized spacial score (nSPS) is 10.9. The summed E-state index contributed by atoms with van der Waals surface area (Å²) < 4.78 is 6.32. The van der Waals surface area contributed by atoms with Crippen LogP contribution in [0, 0.1) is 0 Å². The zero-order chi connectivity index (χ0) is 21.9. The van der Waals surface area contributed by atoms with Crippen molar-refractivity contribution in [3.63, 3.8) is 0 Å². The van der Waals surface area contributed by atoms with E-state index in [0.29, 0.717) is 16.3 Å². The summed E-state index contributed by atoms with van der Waals surface area (Å²) in [6, 6.07) is 18.8. The van der Waals surface area contributed by atoms with E-state index in [0.717, 1.165) is 25.8 Å². The van der Waals surface area contributed by atoms with Crippen molar-refractivity contribution < 1.29 is 14.3 Å². The van der Waals surface area contributed by atoms with Crippen LogP contribution in [-0.2, 0) is 9.53 Å². The quantitative estimate of drug-likeness (QED) is 0.306. The van der Waals surface area contributed by atoms with Gasteiger partial charge in [0.2, 0.25) is 0 Å². The number of nitrogens with one attached hydrogen (secondary N) is 1. The molecule has 1 N–H and O–H groups in total. The summed E-state index contributed by atoms with van der Waals surface area (Å²) >= 11 is 4.41. The average Bonchev–Trinajstić information content (AvgIpc) is 3.57. The maximum absolute atomic E-state index is 12.7. The first-order valence-electron chi connectivity index (χ1n) is 9.59. The van der Waals surface area contributed by atoms with Crippen molar-refractivity contribution in [2.75, 3.05) is 11.9 Å². The average molecular weight is 478 g/mol. The van der Waals surface area contributed by atoms with E-state index in [1.807, 2.05) is 59.3 Å². The van der Waals surface area contributed by atoms with E-state index in [1.54, 1.807) is 23.5 Å². The molecule has 9 heteroatoms. The Bertz CT molecular complexity index is 1370. The van der Waals surface area contributed by atoms with Crippen LogP contribution in [-0.4, -0.2) is 28.5 Å². The Balaban J connectivity index is 1.26. The number of ether oxygens (including phenoxy) is 1. The summed E-state index contributed by atoms with van der Waals surface area (Å²) in [7, 11) is 0. The molecule has 3 aromatic heterocycles. The molecule has 0 radical (unpaired) electrons. The fourth-order valence-electron chi connectivity index (χ4n) is 3.07. The summed E-state index contributed by atoms with van der Waals surface area (Å²) in [6.07, 6.45) is 0. The highest BCUT2D eigenvalue weighted by Gasteiger charge is 2.18. The first-order valence-corrected chi connectivity index (χ1v) is 12.2. The van der Waals surface area contributed by atoms with Crippen molar-refractivity contribution in [2.45, 2.75) is 0 Å². The monoisotopic (exact) mass is 477 g/mol. The molecule has 0 aliphatic rings. The Morgan fingerprint density at radius 3 is 2.62 bits per heavy atom. The van der Waals surface area contributed by atoms with Crippen molar-refractivity contribution in [1.29, 1.82) is 0 Å². The van der Waals surface area contributed by atoms with Crippen molar-refractivity contribution in [3.05, 3.63) is 77.0 Å². The number of thiazole rings is 2. The van der Waals surface area contributed by atoms with Crippen LogP contribution in [0.3, 0.4) is 0 Å². The van der Waals surface area contributed by atoms with Crippen molar-refractivity contribution >= 4 is 61.2 Å². The molecule has 0 bridgehead atoms. The summed E-state index contributed by atoms with van der Waals surface area (Å²) in [6.45, 7) is -0.402. The van der Waals surface area contributed by atoms with Crippen LogP contribution in [0.15, 0.2) is 71.4 Å². The van der Waals surface area contributed by atoms with Crippen LogP contribution < -0.4 is 5.32 Å². The number of hydrogen-bond donors (Lipinski definition) is 1. The molecule has 2 aromatic carbocycles. The fourth-order valence-corrected chi connectivity index (χ4v) is 5.56. The second-order valence-electron chi connectivity index (χ2n) is 6.67. The molecule has 0 spiro atoms.